The first kappa shape index (κ1) is 9.40. The number of phenols is 1. The van der Waals surface area contributed by atoms with Crippen molar-refractivity contribution in [2.45, 2.75) is 19.4 Å². The van der Waals surface area contributed by atoms with Crippen molar-refractivity contribution in [2.24, 2.45) is 0 Å². The van der Waals surface area contributed by atoms with Crippen molar-refractivity contribution in [1.82, 2.24) is 0 Å². The summed E-state index contributed by atoms with van der Waals surface area (Å²) in [6.45, 7) is 3.36. The molecule has 1 N–H and O–H groups in total. The molecule has 13 heavy (non-hydrogen) atoms. The second kappa shape index (κ2) is 3.36. The second-order valence-corrected chi connectivity index (χ2v) is 3.22. The molecule has 1 aromatic carbocycles. The standard InChI is InChI=1S/C10H11NO2/c1-10(2,7-11)13-9-5-3-8(12)4-6-9/h3-6,12H,1-2H3. The first-order valence-corrected chi connectivity index (χ1v) is 3.93. The molecule has 0 bridgehead atoms. The van der Waals surface area contributed by atoms with Gasteiger partial charge in [-0.05, 0) is 38.1 Å². The van der Waals surface area contributed by atoms with Crippen molar-refractivity contribution in [3.8, 4) is 17.6 Å². The van der Waals surface area contributed by atoms with Crippen molar-refractivity contribution in [3.63, 3.8) is 0 Å². The van der Waals surface area contributed by atoms with Crippen LogP contribution in [0, 0.1) is 11.3 Å². The van der Waals surface area contributed by atoms with Gasteiger partial charge in [0.2, 0.25) is 0 Å². The number of phenolic OH excluding ortho intramolecular Hbond substituents is 1. The van der Waals surface area contributed by atoms with Crippen LogP contribution in [-0.2, 0) is 0 Å². The zero-order valence-corrected chi connectivity index (χ0v) is 7.61. The number of nitrogens with zero attached hydrogens (tertiary/aromatic N) is 1. The summed E-state index contributed by atoms with van der Waals surface area (Å²) in [4.78, 5) is 0. The van der Waals surface area contributed by atoms with E-state index in [2.05, 4.69) is 0 Å². The van der Waals surface area contributed by atoms with Gasteiger partial charge in [-0.3, -0.25) is 0 Å². The maximum Gasteiger partial charge on any atom is 0.188 e. The topological polar surface area (TPSA) is 53.2 Å². The van der Waals surface area contributed by atoms with Crippen LogP contribution in [0.25, 0.3) is 0 Å². The number of aromatic hydroxyl groups is 1. The van der Waals surface area contributed by atoms with Crippen molar-refractivity contribution in [1.29, 1.82) is 5.26 Å². The highest BCUT2D eigenvalue weighted by Crippen LogP contribution is 2.20. The average molecular weight is 177 g/mol. The molecule has 0 saturated carbocycles. The van der Waals surface area contributed by atoms with E-state index in [1.54, 1.807) is 26.0 Å². The summed E-state index contributed by atoms with van der Waals surface area (Å²) in [5, 5.41) is 17.7. The molecular formula is C10H11NO2. The fourth-order valence-corrected chi connectivity index (χ4v) is 0.832. The van der Waals surface area contributed by atoms with E-state index in [9.17, 15) is 0 Å². The molecule has 0 aliphatic carbocycles. The summed E-state index contributed by atoms with van der Waals surface area (Å²) in [5.74, 6) is 0.756. The van der Waals surface area contributed by atoms with E-state index >= 15 is 0 Å². The summed E-state index contributed by atoms with van der Waals surface area (Å²) in [6, 6.07) is 8.29. The van der Waals surface area contributed by atoms with Gasteiger partial charge in [0.25, 0.3) is 0 Å². The van der Waals surface area contributed by atoms with Crippen LogP contribution in [0.2, 0.25) is 0 Å². The first-order valence-electron chi connectivity index (χ1n) is 3.93. The van der Waals surface area contributed by atoms with Gasteiger partial charge < -0.3 is 9.84 Å². The Morgan fingerprint density at radius 2 is 1.85 bits per heavy atom. The SMILES string of the molecule is CC(C)(C#N)Oc1ccc(O)cc1. The second-order valence-electron chi connectivity index (χ2n) is 3.22. The van der Waals surface area contributed by atoms with Crippen molar-refractivity contribution < 1.29 is 9.84 Å². The average Bonchev–Trinajstić information content (AvgIpc) is 2.09. The third-order valence-corrected chi connectivity index (χ3v) is 1.48. The third-order valence-electron chi connectivity index (χ3n) is 1.48. The number of nitriles is 1. The largest absolute Gasteiger partial charge is 0.508 e. The zero-order chi connectivity index (χ0) is 9.90. The Morgan fingerprint density at radius 3 is 2.31 bits per heavy atom. The molecule has 0 heterocycles. The van der Waals surface area contributed by atoms with E-state index in [0.29, 0.717) is 5.75 Å². The predicted molar refractivity (Wildman–Crippen MR) is 48.4 cm³/mol. The van der Waals surface area contributed by atoms with Crippen LogP contribution >= 0.6 is 0 Å². The van der Waals surface area contributed by atoms with Crippen molar-refractivity contribution in [2.75, 3.05) is 0 Å². The monoisotopic (exact) mass is 177 g/mol. The lowest BCUT2D eigenvalue weighted by Gasteiger charge is -2.17. The number of ether oxygens (including phenoxy) is 1. The maximum absolute atomic E-state index is 8.99. The van der Waals surface area contributed by atoms with Crippen LogP contribution in [0.1, 0.15) is 13.8 Å². The summed E-state index contributed by atoms with van der Waals surface area (Å²) in [5.41, 5.74) is -0.836. The van der Waals surface area contributed by atoms with Crippen LogP contribution in [0.5, 0.6) is 11.5 Å². The van der Waals surface area contributed by atoms with Gasteiger partial charge in [-0.15, -0.1) is 0 Å². The van der Waals surface area contributed by atoms with Gasteiger partial charge >= 0.3 is 0 Å². The molecule has 1 rings (SSSR count). The third kappa shape index (κ3) is 2.68. The number of benzene rings is 1. The van der Waals surface area contributed by atoms with Crippen LogP contribution in [0.3, 0.4) is 0 Å². The van der Waals surface area contributed by atoms with E-state index in [0.717, 1.165) is 0 Å². The van der Waals surface area contributed by atoms with Crippen molar-refractivity contribution >= 4 is 0 Å². The van der Waals surface area contributed by atoms with E-state index in [4.69, 9.17) is 15.1 Å². The Bertz CT molecular complexity index is 322. The quantitative estimate of drug-likeness (QED) is 0.752. The van der Waals surface area contributed by atoms with Crippen LogP contribution < -0.4 is 4.74 Å². The number of rotatable bonds is 2. The van der Waals surface area contributed by atoms with E-state index in [1.807, 2.05) is 6.07 Å². The molecule has 0 unspecified atom stereocenters. The molecule has 0 saturated heterocycles. The molecule has 3 heteroatoms. The molecule has 1 aromatic rings. The summed E-state index contributed by atoms with van der Waals surface area (Å²) in [7, 11) is 0. The lowest BCUT2D eigenvalue weighted by atomic mass is 10.2. The molecule has 0 spiro atoms. The maximum atomic E-state index is 8.99. The van der Waals surface area contributed by atoms with Gasteiger partial charge in [0.05, 0.1) is 0 Å². The molecule has 0 fully saturated rings. The zero-order valence-electron chi connectivity index (χ0n) is 7.61. The van der Waals surface area contributed by atoms with Crippen LogP contribution in [0.15, 0.2) is 24.3 Å². The Balaban J connectivity index is 2.77. The van der Waals surface area contributed by atoms with Gasteiger partial charge in [0.1, 0.15) is 17.6 Å². The first-order chi connectivity index (χ1) is 6.03. The minimum atomic E-state index is -0.836. The van der Waals surface area contributed by atoms with Gasteiger partial charge in [-0.2, -0.15) is 5.26 Å². The smallest absolute Gasteiger partial charge is 0.188 e. The van der Waals surface area contributed by atoms with E-state index < -0.39 is 5.60 Å². The van der Waals surface area contributed by atoms with Gasteiger partial charge in [-0.1, -0.05) is 0 Å². The lowest BCUT2D eigenvalue weighted by Crippen LogP contribution is -2.25. The summed E-state index contributed by atoms with van der Waals surface area (Å²) < 4.78 is 5.33. The Hall–Kier alpha value is -1.69. The Labute approximate surface area is 77.2 Å². The minimum Gasteiger partial charge on any atom is -0.508 e. The van der Waals surface area contributed by atoms with E-state index in [1.165, 1.54) is 12.1 Å². The number of hydrogen-bond acceptors (Lipinski definition) is 3. The minimum absolute atomic E-state index is 0.183. The summed E-state index contributed by atoms with van der Waals surface area (Å²) >= 11 is 0. The van der Waals surface area contributed by atoms with E-state index in [-0.39, 0.29) is 5.75 Å². The summed E-state index contributed by atoms with van der Waals surface area (Å²) in [6.07, 6.45) is 0. The lowest BCUT2D eigenvalue weighted by molar-refractivity contribution is 0.170. The van der Waals surface area contributed by atoms with Gasteiger partial charge in [0, 0.05) is 0 Å². The molecular weight excluding hydrogens is 166 g/mol. The molecule has 0 aliphatic rings. The Morgan fingerprint density at radius 1 is 1.31 bits per heavy atom. The highest BCUT2D eigenvalue weighted by molar-refractivity contribution is 5.31. The molecule has 0 amide bonds. The molecule has 0 radical (unpaired) electrons. The normalized spacial score (nSPS) is 10.5. The number of hydrogen-bond donors (Lipinski definition) is 1. The van der Waals surface area contributed by atoms with Crippen molar-refractivity contribution in [3.05, 3.63) is 24.3 Å². The Kier molecular flexibility index (Phi) is 2.43. The highest BCUT2D eigenvalue weighted by Gasteiger charge is 2.17. The predicted octanol–water partition coefficient (Wildman–Crippen LogP) is 2.07. The fraction of sp³-hybridized carbons (Fsp3) is 0.300. The highest BCUT2D eigenvalue weighted by atomic mass is 16.5. The molecule has 68 valence electrons. The fourth-order valence-electron chi connectivity index (χ4n) is 0.832. The molecule has 3 nitrogen and oxygen atoms in total. The van der Waals surface area contributed by atoms with Gasteiger partial charge in [-0.25, -0.2) is 0 Å². The molecule has 0 aromatic heterocycles. The van der Waals surface area contributed by atoms with Crippen LogP contribution in [-0.4, -0.2) is 10.7 Å². The molecule has 0 atom stereocenters. The van der Waals surface area contributed by atoms with Gasteiger partial charge in [0.15, 0.2) is 5.60 Å². The molecule has 0 aliphatic heterocycles. The van der Waals surface area contributed by atoms with Crippen LogP contribution in [0.4, 0.5) is 0 Å².